The Morgan fingerprint density at radius 2 is 2.26 bits per heavy atom. The molecule has 1 fully saturated rings. The van der Waals surface area contributed by atoms with Gasteiger partial charge in [-0.15, -0.1) is 0 Å². The number of rotatable bonds is 5. The summed E-state index contributed by atoms with van der Waals surface area (Å²) >= 11 is 1.17. The molecule has 1 amide bonds. The number of pyridine rings is 1. The molecule has 1 aliphatic rings. The van der Waals surface area contributed by atoms with Crippen LogP contribution in [0, 0.1) is 17.2 Å². The normalized spacial score (nSPS) is 20.9. The molecule has 0 saturated carbocycles. The van der Waals surface area contributed by atoms with Crippen LogP contribution in [-0.4, -0.2) is 55.7 Å². The number of nitrogens with zero attached hydrogens (tertiary/aromatic N) is 4. The van der Waals surface area contributed by atoms with E-state index >= 15 is 0 Å². The number of nitriles is 1. The van der Waals surface area contributed by atoms with E-state index in [4.69, 9.17) is 5.26 Å². The van der Waals surface area contributed by atoms with Gasteiger partial charge in [-0.05, 0) is 18.4 Å². The number of likely N-dealkylation sites (tertiary alicyclic amines) is 1. The first kappa shape index (κ1) is 21.4. The minimum absolute atomic E-state index is 0.0154. The number of fused-ring (bicyclic) bond motifs is 1. The van der Waals surface area contributed by atoms with Crippen molar-refractivity contribution in [2.24, 2.45) is 5.92 Å². The number of piperidine rings is 1. The third kappa shape index (κ3) is 4.46. The van der Waals surface area contributed by atoms with Crippen LogP contribution >= 0.6 is 11.3 Å². The zero-order chi connectivity index (χ0) is 22.2. The Labute approximate surface area is 184 Å². The number of H-pyrrole nitrogens is 1. The lowest BCUT2D eigenvalue weighted by molar-refractivity contribution is -0.132. The summed E-state index contributed by atoms with van der Waals surface area (Å²) in [5.41, 5.74) is 2.27. The number of anilines is 1. The van der Waals surface area contributed by atoms with Crippen molar-refractivity contribution in [1.29, 1.82) is 5.26 Å². The van der Waals surface area contributed by atoms with Crippen LogP contribution in [0.3, 0.4) is 0 Å². The van der Waals surface area contributed by atoms with Gasteiger partial charge >= 0.3 is 0 Å². The second-order valence-electron chi connectivity index (χ2n) is 7.89. The van der Waals surface area contributed by atoms with Crippen molar-refractivity contribution in [2.45, 2.75) is 30.0 Å². The number of hydrogen-bond acceptors (Lipinski definition) is 7. The average molecular weight is 460 g/mol. The van der Waals surface area contributed by atoms with E-state index in [2.05, 4.69) is 27.2 Å². The fraction of sp³-hybridized carbons (Fsp3) is 0.400. The van der Waals surface area contributed by atoms with Crippen molar-refractivity contribution in [2.75, 3.05) is 24.7 Å². The third-order valence-corrected chi connectivity index (χ3v) is 8.12. The maximum absolute atomic E-state index is 12.3. The molecule has 1 unspecified atom stereocenters. The van der Waals surface area contributed by atoms with Crippen molar-refractivity contribution in [3.8, 4) is 16.6 Å². The molecule has 1 saturated heterocycles. The minimum atomic E-state index is -3.10. The SMILES string of the molecule is C[C@H]1C[C@@H](Nc2c(-c3ncc([S+](C)(=O)O)s3)cnc3[nH]ccc23)CN(C(=O)CC#N)C1. The molecule has 3 N–H and O–H groups in total. The van der Waals surface area contributed by atoms with Gasteiger partial charge < -0.3 is 15.2 Å². The van der Waals surface area contributed by atoms with Gasteiger partial charge in [0.15, 0.2) is 0 Å². The van der Waals surface area contributed by atoms with E-state index in [9.17, 15) is 13.6 Å². The predicted octanol–water partition coefficient (Wildman–Crippen LogP) is 3.21. The molecule has 31 heavy (non-hydrogen) atoms. The van der Waals surface area contributed by atoms with Gasteiger partial charge in [0.1, 0.15) is 23.3 Å². The molecule has 4 rings (SSSR count). The van der Waals surface area contributed by atoms with Crippen LogP contribution in [0.2, 0.25) is 0 Å². The highest BCUT2D eigenvalue weighted by Gasteiger charge is 2.30. The molecule has 0 aromatic carbocycles. The fourth-order valence-electron chi connectivity index (χ4n) is 3.93. The van der Waals surface area contributed by atoms with Gasteiger partial charge in [0, 0.05) is 36.9 Å². The molecule has 9 nitrogen and oxygen atoms in total. The molecular weight excluding hydrogens is 436 g/mol. The molecule has 0 bridgehead atoms. The molecule has 3 atom stereocenters. The summed E-state index contributed by atoms with van der Waals surface area (Å²) in [6.45, 7) is 3.23. The Morgan fingerprint density at radius 1 is 1.45 bits per heavy atom. The zero-order valence-electron chi connectivity index (χ0n) is 17.2. The van der Waals surface area contributed by atoms with Gasteiger partial charge in [0.25, 0.3) is 14.4 Å². The maximum Gasteiger partial charge on any atom is 0.264 e. The second-order valence-corrected chi connectivity index (χ2v) is 11.2. The van der Waals surface area contributed by atoms with Gasteiger partial charge in [-0.1, -0.05) is 22.5 Å². The Bertz CT molecular complexity index is 1210. The van der Waals surface area contributed by atoms with Crippen LogP contribution in [0.4, 0.5) is 5.69 Å². The smallest absolute Gasteiger partial charge is 0.264 e. The van der Waals surface area contributed by atoms with Gasteiger partial charge in [0.2, 0.25) is 5.91 Å². The first-order valence-corrected chi connectivity index (χ1v) is 12.6. The van der Waals surface area contributed by atoms with Crippen LogP contribution in [-0.2, 0) is 19.2 Å². The quantitative estimate of drug-likeness (QED) is 0.499. The lowest BCUT2D eigenvalue weighted by Gasteiger charge is -2.37. The standard InChI is InChI=1S/C20H22N6O3S2/c1-12-7-13(11-26(10-12)16(27)3-5-21)25-18-14-4-6-22-19(14)23-8-15(18)20-24-9-17(30-20)31(2,28)29/h4,6,8-9,12-13H,3,7,10-11H2,1-2H3,(H2-,22,23,24,25,28,29)/p+1/t12-,13+/m0/s1. The number of nitrogens with one attached hydrogen (secondary N) is 2. The first-order chi connectivity index (χ1) is 14.8. The highest BCUT2D eigenvalue weighted by atomic mass is 32.3. The van der Waals surface area contributed by atoms with E-state index in [1.165, 1.54) is 23.8 Å². The molecular formula is C20H23N6O3S2+. The Morgan fingerprint density at radius 3 is 2.97 bits per heavy atom. The number of carbonyl (C=O) groups excluding carboxylic acids is 1. The van der Waals surface area contributed by atoms with Crippen molar-refractivity contribution in [3.05, 3.63) is 24.7 Å². The Kier molecular flexibility index (Phi) is 5.79. The summed E-state index contributed by atoms with van der Waals surface area (Å²) in [5, 5.41) is 13.9. The molecule has 4 heterocycles. The summed E-state index contributed by atoms with van der Waals surface area (Å²) in [5.74, 6) is 0.124. The predicted molar refractivity (Wildman–Crippen MR) is 120 cm³/mol. The monoisotopic (exact) mass is 459 g/mol. The number of thiazole rings is 1. The van der Waals surface area contributed by atoms with Crippen LogP contribution in [0.25, 0.3) is 21.6 Å². The van der Waals surface area contributed by atoms with Crippen LogP contribution in [0.15, 0.2) is 28.9 Å². The highest BCUT2D eigenvalue weighted by Crippen LogP contribution is 2.38. The van der Waals surface area contributed by atoms with Crippen LogP contribution in [0.5, 0.6) is 0 Å². The number of hydrogen-bond donors (Lipinski definition) is 3. The van der Waals surface area contributed by atoms with Gasteiger partial charge in [0.05, 0.1) is 23.5 Å². The van der Waals surface area contributed by atoms with Gasteiger partial charge in [-0.3, -0.25) is 4.79 Å². The maximum atomic E-state index is 12.3. The third-order valence-electron chi connectivity index (χ3n) is 5.27. The molecule has 1 aliphatic heterocycles. The number of aromatic amines is 1. The van der Waals surface area contributed by atoms with E-state index in [1.807, 2.05) is 12.1 Å². The van der Waals surface area contributed by atoms with E-state index < -0.39 is 10.2 Å². The van der Waals surface area contributed by atoms with E-state index in [1.54, 1.807) is 17.3 Å². The Hall–Kier alpha value is -2.81. The number of aromatic nitrogens is 3. The minimum Gasteiger partial charge on any atom is -0.379 e. The van der Waals surface area contributed by atoms with E-state index in [0.717, 1.165) is 23.1 Å². The lowest BCUT2D eigenvalue weighted by Crippen LogP contribution is -2.48. The number of carbonyl (C=O) groups is 1. The lowest BCUT2D eigenvalue weighted by atomic mass is 9.95. The molecule has 11 heteroatoms. The zero-order valence-corrected chi connectivity index (χ0v) is 18.8. The summed E-state index contributed by atoms with van der Waals surface area (Å²) in [4.78, 5) is 26.0. The average Bonchev–Trinajstić information content (AvgIpc) is 3.37. The van der Waals surface area contributed by atoms with Crippen LogP contribution < -0.4 is 5.32 Å². The van der Waals surface area contributed by atoms with Gasteiger partial charge in [-0.25, -0.2) is 9.97 Å². The van der Waals surface area contributed by atoms with E-state index in [0.29, 0.717) is 28.0 Å². The summed E-state index contributed by atoms with van der Waals surface area (Å²) in [7, 11) is -3.10. The molecule has 0 aliphatic carbocycles. The Balaban J connectivity index is 1.70. The molecule has 3 aromatic rings. The van der Waals surface area contributed by atoms with Crippen molar-refractivity contribution >= 4 is 44.2 Å². The topological polar surface area (TPSA) is 135 Å². The molecule has 162 valence electrons. The number of amides is 1. The van der Waals surface area contributed by atoms with Crippen molar-refractivity contribution < 1.29 is 13.6 Å². The largest absolute Gasteiger partial charge is 0.379 e. The summed E-state index contributed by atoms with van der Waals surface area (Å²) in [6, 6.07) is 3.84. The second kappa shape index (κ2) is 8.37. The van der Waals surface area contributed by atoms with Gasteiger partial charge in [-0.2, -0.15) is 9.81 Å². The molecule has 0 radical (unpaired) electrons. The van der Waals surface area contributed by atoms with E-state index in [-0.39, 0.29) is 24.3 Å². The van der Waals surface area contributed by atoms with Crippen molar-refractivity contribution in [3.63, 3.8) is 0 Å². The van der Waals surface area contributed by atoms with Crippen molar-refractivity contribution in [1.82, 2.24) is 19.9 Å². The molecule has 3 aromatic heterocycles. The van der Waals surface area contributed by atoms with Crippen LogP contribution in [0.1, 0.15) is 19.8 Å². The first-order valence-electron chi connectivity index (χ1n) is 9.81. The highest BCUT2D eigenvalue weighted by molar-refractivity contribution is 7.98. The molecule has 0 spiro atoms. The summed E-state index contributed by atoms with van der Waals surface area (Å²) in [6.07, 6.45) is 6.95. The summed E-state index contributed by atoms with van der Waals surface area (Å²) < 4.78 is 22.2. The fourth-order valence-corrected chi connectivity index (χ4v) is 5.70.